The summed E-state index contributed by atoms with van der Waals surface area (Å²) in [5.41, 5.74) is 0.0105. The fraction of sp³-hybridized carbons (Fsp3) is 0.345. The third-order valence-corrected chi connectivity index (χ3v) is 7.24. The number of imidazole rings is 1. The van der Waals surface area contributed by atoms with Crippen molar-refractivity contribution in [1.29, 1.82) is 0 Å². The summed E-state index contributed by atoms with van der Waals surface area (Å²) >= 11 is 0. The highest BCUT2D eigenvalue weighted by Gasteiger charge is 2.31. The van der Waals surface area contributed by atoms with Crippen molar-refractivity contribution in [2.75, 3.05) is 23.7 Å². The van der Waals surface area contributed by atoms with Crippen LogP contribution in [0.25, 0.3) is 11.0 Å². The zero-order valence-electron chi connectivity index (χ0n) is 22.8. The van der Waals surface area contributed by atoms with Gasteiger partial charge in [-0.2, -0.15) is 13.2 Å². The van der Waals surface area contributed by atoms with E-state index in [1.165, 1.54) is 0 Å². The Kier molecular flexibility index (Phi) is 7.85. The summed E-state index contributed by atoms with van der Waals surface area (Å²) in [4.78, 5) is 23.9. The lowest BCUT2D eigenvalue weighted by molar-refractivity contribution is -0.137. The first-order valence-corrected chi connectivity index (χ1v) is 13.3. The van der Waals surface area contributed by atoms with E-state index in [1.807, 2.05) is 0 Å². The summed E-state index contributed by atoms with van der Waals surface area (Å²) in [6, 6.07) is 11.2. The molecule has 2 aromatic carbocycles. The van der Waals surface area contributed by atoms with Gasteiger partial charge in [0.15, 0.2) is 0 Å². The third kappa shape index (κ3) is 6.43. The molecule has 0 spiro atoms. The van der Waals surface area contributed by atoms with Gasteiger partial charge in [-0.05, 0) is 76.2 Å². The van der Waals surface area contributed by atoms with Crippen LogP contribution >= 0.6 is 0 Å². The molecule has 1 fully saturated rings. The first-order chi connectivity index (χ1) is 19.5. The number of halogens is 4. The summed E-state index contributed by atoms with van der Waals surface area (Å²) in [5.74, 6) is 0.390. The molecule has 1 aliphatic rings. The zero-order chi connectivity index (χ0) is 29.3. The molecule has 0 atom stereocenters. The van der Waals surface area contributed by atoms with E-state index < -0.39 is 17.6 Å². The Morgan fingerprint density at radius 3 is 2.46 bits per heavy atom. The Morgan fingerprint density at radius 1 is 1.05 bits per heavy atom. The molecule has 12 heteroatoms. The number of amides is 1. The van der Waals surface area contributed by atoms with Gasteiger partial charge in [-0.3, -0.25) is 4.79 Å². The fourth-order valence-electron chi connectivity index (χ4n) is 4.85. The van der Waals surface area contributed by atoms with Crippen LogP contribution in [0.4, 0.5) is 35.0 Å². The molecule has 0 bridgehead atoms. The summed E-state index contributed by atoms with van der Waals surface area (Å²) in [5, 5.41) is 5.65. The maximum Gasteiger partial charge on any atom is 0.416 e. The van der Waals surface area contributed by atoms with Gasteiger partial charge in [0.2, 0.25) is 11.9 Å². The molecule has 216 valence electrons. The van der Waals surface area contributed by atoms with Crippen molar-refractivity contribution >= 4 is 34.4 Å². The average molecular weight is 571 g/mol. The molecular formula is C29H30F4N6O2. The van der Waals surface area contributed by atoms with Gasteiger partial charge < -0.3 is 24.8 Å². The minimum atomic E-state index is -4.64. The Labute approximate surface area is 234 Å². The van der Waals surface area contributed by atoms with Crippen LogP contribution in [0.1, 0.15) is 32.3 Å². The molecule has 8 nitrogen and oxygen atoms in total. The number of hydrogen-bond acceptors (Lipinski definition) is 6. The van der Waals surface area contributed by atoms with E-state index in [9.17, 15) is 22.4 Å². The van der Waals surface area contributed by atoms with Crippen molar-refractivity contribution in [3.63, 3.8) is 0 Å². The number of nitrogens with zero attached hydrogens (tertiary/aromatic N) is 4. The molecule has 0 aliphatic carbocycles. The molecule has 0 radical (unpaired) electrons. The zero-order valence-corrected chi connectivity index (χ0v) is 22.8. The van der Waals surface area contributed by atoms with Gasteiger partial charge in [0.1, 0.15) is 23.1 Å². The molecular weight excluding hydrogens is 540 g/mol. The molecule has 2 aromatic heterocycles. The second-order valence-electron chi connectivity index (χ2n) is 10.3. The number of rotatable bonds is 7. The van der Waals surface area contributed by atoms with Gasteiger partial charge in [-0.1, -0.05) is 0 Å². The summed E-state index contributed by atoms with van der Waals surface area (Å²) < 4.78 is 60.6. The van der Waals surface area contributed by atoms with E-state index in [-0.39, 0.29) is 23.5 Å². The lowest BCUT2D eigenvalue weighted by Gasteiger charge is -2.33. The smallest absolute Gasteiger partial charge is 0.416 e. The van der Waals surface area contributed by atoms with E-state index in [0.29, 0.717) is 40.5 Å². The Hall–Kier alpha value is -4.19. The van der Waals surface area contributed by atoms with Crippen LogP contribution in [-0.4, -0.2) is 44.5 Å². The summed E-state index contributed by atoms with van der Waals surface area (Å²) in [6.07, 6.45) is -1.49. The van der Waals surface area contributed by atoms with Gasteiger partial charge in [0.25, 0.3) is 0 Å². The van der Waals surface area contributed by atoms with Gasteiger partial charge in [0, 0.05) is 37.3 Å². The standard InChI is InChI=1S/C29H30F4N6O2/c1-17(2)39-12-9-18(10-13-39)27(40)37-26-16-21(8-11-34-26)41-20-5-7-25-24(15-20)36-28(38(25)3)35-23-6-4-19(14-22(23)30)29(31,32)33/h4-8,11,14-18H,9-10,12-13H2,1-3H3,(H,35,36)(H,34,37,40). The number of hydrogen-bond donors (Lipinski definition) is 2. The quantitative estimate of drug-likeness (QED) is 0.240. The number of carbonyl (C=O) groups is 1. The number of ether oxygens (including phenoxy) is 1. The predicted molar refractivity (Wildman–Crippen MR) is 148 cm³/mol. The summed E-state index contributed by atoms with van der Waals surface area (Å²) in [6.45, 7) is 6.08. The topological polar surface area (TPSA) is 84.3 Å². The van der Waals surface area contributed by atoms with E-state index >= 15 is 0 Å². The predicted octanol–water partition coefficient (Wildman–Crippen LogP) is 6.72. The van der Waals surface area contributed by atoms with Crippen LogP contribution in [0.15, 0.2) is 54.7 Å². The minimum absolute atomic E-state index is 0.0579. The molecule has 3 heterocycles. The van der Waals surface area contributed by atoms with Crippen molar-refractivity contribution in [2.45, 2.75) is 38.9 Å². The number of aryl methyl sites for hydroxylation is 1. The highest BCUT2D eigenvalue weighted by atomic mass is 19.4. The molecule has 5 rings (SSSR count). The van der Waals surface area contributed by atoms with Crippen molar-refractivity contribution in [3.05, 3.63) is 66.1 Å². The van der Waals surface area contributed by atoms with E-state index in [0.717, 1.165) is 38.1 Å². The van der Waals surface area contributed by atoms with Crippen LogP contribution in [0.5, 0.6) is 11.5 Å². The second kappa shape index (κ2) is 11.4. The van der Waals surface area contributed by atoms with Crippen LogP contribution in [0.2, 0.25) is 0 Å². The van der Waals surface area contributed by atoms with E-state index in [2.05, 4.69) is 39.3 Å². The number of nitrogens with one attached hydrogen (secondary N) is 2. The number of aromatic nitrogens is 3. The highest BCUT2D eigenvalue weighted by Crippen LogP contribution is 2.33. The van der Waals surface area contributed by atoms with Gasteiger partial charge in [-0.15, -0.1) is 0 Å². The molecule has 41 heavy (non-hydrogen) atoms. The largest absolute Gasteiger partial charge is 0.457 e. The average Bonchev–Trinajstić information content (AvgIpc) is 3.23. The lowest BCUT2D eigenvalue weighted by Crippen LogP contribution is -2.41. The molecule has 1 aliphatic heterocycles. The Bertz CT molecular complexity index is 1560. The van der Waals surface area contributed by atoms with Crippen LogP contribution < -0.4 is 15.4 Å². The van der Waals surface area contributed by atoms with E-state index in [1.54, 1.807) is 48.1 Å². The maximum atomic E-state index is 14.4. The van der Waals surface area contributed by atoms with Crippen LogP contribution in [0, 0.1) is 11.7 Å². The molecule has 1 amide bonds. The number of piperidine rings is 1. The number of alkyl halides is 3. The molecule has 1 saturated heterocycles. The van der Waals surface area contributed by atoms with E-state index in [4.69, 9.17) is 4.74 Å². The van der Waals surface area contributed by atoms with Gasteiger partial charge in [0.05, 0.1) is 22.3 Å². The number of benzene rings is 2. The Balaban J connectivity index is 1.26. The van der Waals surface area contributed by atoms with Gasteiger partial charge in [-0.25, -0.2) is 14.4 Å². The molecule has 4 aromatic rings. The van der Waals surface area contributed by atoms with Crippen LogP contribution in [0.3, 0.4) is 0 Å². The number of anilines is 3. The molecule has 2 N–H and O–H groups in total. The molecule has 0 saturated carbocycles. The number of fused-ring (bicyclic) bond motifs is 1. The first-order valence-electron chi connectivity index (χ1n) is 13.3. The minimum Gasteiger partial charge on any atom is -0.457 e. The van der Waals surface area contributed by atoms with Crippen molar-refractivity contribution in [3.8, 4) is 11.5 Å². The monoisotopic (exact) mass is 570 g/mol. The van der Waals surface area contributed by atoms with Crippen molar-refractivity contribution < 1.29 is 27.1 Å². The van der Waals surface area contributed by atoms with Gasteiger partial charge >= 0.3 is 6.18 Å². The summed E-state index contributed by atoms with van der Waals surface area (Å²) in [7, 11) is 1.70. The van der Waals surface area contributed by atoms with Crippen molar-refractivity contribution in [1.82, 2.24) is 19.4 Å². The maximum absolute atomic E-state index is 14.4. The Morgan fingerprint density at radius 2 is 1.78 bits per heavy atom. The number of likely N-dealkylation sites (tertiary alicyclic amines) is 1. The third-order valence-electron chi connectivity index (χ3n) is 7.24. The molecule has 0 unspecified atom stereocenters. The first kappa shape index (κ1) is 28.3. The normalized spacial score (nSPS) is 14.9. The lowest BCUT2D eigenvalue weighted by atomic mass is 9.95. The number of pyridine rings is 1. The SMILES string of the molecule is CC(C)N1CCC(C(=O)Nc2cc(Oc3ccc4c(c3)nc(Nc3ccc(C(F)(F)F)cc3F)n4C)ccn2)CC1. The van der Waals surface area contributed by atoms with Crippen molar-refractivity contribution in [2.24, 2.45) is 13.0 Å². The highest BCUT2D eigenvalue weighted by molar-refractivity contribution is 5.92. The number of carbonyl (C=O) groups excluding carboxylic acids is 1. The fourth-order valence-corrected chi connectivity index (χ4v) is 4.85. The van der Waals surface area contributed by atoms with Crippen LogP contribution in [-0.2, 0) is 18.0 Å². The second-order valence-corrected chi connectivity index (χ2v) is 10.3.